The predicted molar refractivity (Wildman–Crippen MR) is 74.5 cm³/mol. The summed E-state index contributed by atoms with van der Waals surface area (Å²) in [5, 5.41) is 2.76. The number of nitrogens with one attached hydrogen (secondary N) is 1. The van der Waals surface area contributed by atoms with Crippen molar-refractivity contribution in [2.24, 2.45) is 11.7 Å². The largest absolute Gasteiger partial charge is 0.355 e. The first kappa shape index (κ1) is 15.9. The third kappa shape index (κ3) is 5.57. The van der Waals surface area contributed by atoms with Gasteiger partial charge in [-0.25, -0.2) is 0 Å². The van der Waals surface area contributed by atoms with Gasteiger partial charge in [-0.3, -0.25) is 14.5 Å². The van der Waals surface area contributed by atoms with Crippen LogP contribution >= 0.6 is 0 Å². The highest BCUT2D eigenvalue weighted by atomic mass is 16.2. The molecule has 0 aliphatic carbocycles. The van der Waals surface area contributed by atoms with E-state index < -0.39 is 0 Å². The number of hydrogen-bond acceptors (Lipinski definition) is 4. The van der Waals surface area contributed by atoms with Crippen LogP contribution in [0.2, 0.25) is 0 Å². The number of nitrogens with zero attached hydrogens (tertiary/aromatic N) is 2. The van der Waals surface area contributed by atoms with Crippen molar-refractivity contribution in [1.29, 1.82) is 0 Å². The van der Waals surface area contributed by atoms with Crippen molar-refractivity contribution in [3.05, 3.63) is 0 Å². The minimum atomic E-state index is -0.0982. The second-order valence-corrected chi connectivity index (χ2v) is 5.23. The molecule has 0 radical (unpaired) electrons. The van der Waals surface area contributed by atoms with E-state index in [0.29, 0.717) is 25.6 Å². The molecule has 1 aliphatic rings. The van der Waals surface area contributed by atoms with Gasteiger partial charge in [0, 0.05) is 20.1 Å². The third-order valence-electron chi connectivity index (χ3n) is 3.44. The Morgan fingerprint density at radius 2 is 2.21 bits per heavy atom. The lowest BCUT2D eigenvalue weighted by Crippen LogP contribution is -2.43. The maximum absolute atomic E-state index is 12.0. The molecule has 19 heavy (non-hydrogen) atoms. The highest BCUT2D eigenvalue weighted by Gasteiger charge is 2.24. The van der Waals surface area contributed by atoms with Crippen molar-refractivity contribution in [3.63, 3.8) is 0 Å². The van der Waals surface area contributed by atoms with Gasteiger partial charge in [0.1, 0.15) is 0 Å². The van der Waals surface area contributed by atoms with Crippen LogP contribution in [0.1, 0.15) is 19.8 Å². The minimum absolute atomic E-state index is 0.00989. The number of carbonyl (C=O) groups excluding carboxylic acids is 2. The van der Waals surface area contributed by atoms with E-state index in [2.05, 4.69) is 10.2 Å². The van der Waals surface area contributed by atoms with Gasteiger partial charge in [0.15, 0.2) is 0 Å². The molecule has 1 rings (SSSR count). The van der Waals surface area contributed by atoms with E-state index in [-0.39, 0.29) is 18.4 Å². The number of nitrogens with two attached hydrogens (primary N) is 1. The van der Waals surface area contributed by atoms with Crippen molar-refractivity contribution in [3.8, 4) is 0 Å². The maximum Gasteiger partial charge on any atom is 0.239 e. The summed E-state index contributed by atoms with van der Waals surface area (Å²) in [6, 6.07) is 0. The Labute approximate surface area is 115 Å². The molecule has 6 heteroatoms. The topological polar surface area (TPSA) is 78.7 Å². The lowest BCUT2D eigenvalue weighted by molar-refractivity contribution is -0.135. The fraction of sp³-hybridized carbons (Fsp3) is 0.846. The molecule has 0 aromatic rings. The Morgan fingerprint density at radius 1 is 1.47 bits per heavy atom. The number of amides is 2. The summed E-state index contributed by atoms with van der Waals surface area (Å²) in [6.45, 7) is 5.66. The molecular formula is C13H26N4O2. The molecule has 1 saturated heterocycles. The molecule has 0 spiro atoms. The highest BCUT2D eigenvalue weighted by Crippen LogP contribution is 2.14. The zero-order chi connectivity index (χ0) is 14.3. The van der Waals surface area contributed by atoms with Crippen LogP contribution in [0, 0.1) is 5.92 Å². The molecule has 1 heterocycles. The van der Waals surface area contributed by atoms with Crippen LogP contribution in [-0.2, 0) is 9.59 Å². The average molecular weight is 270 g/mol. The zero-order valence-corrected chi connectivity index (χ0v) is 12.0. The molecule has 2 amide bonds. The SMILES string of the molecule is CCCNC(=O)CN(C)C(=O)CN1CCC(CN)C1. The van der Waals surface area contributed by atoms with Crippen molar-refractivity contribution in [2.75, 3.05) is 46.3 Å². The Kier molecular flexibility index (Phi) is 6.80. The summed E-state index contributed by atoms with van der Waals surface area (Å²) in [4.78, 5) is 27.1. The third-order valence-corrected chi connectivity index (χ3v) is 3.44. The van der Waals surface area contributed by atoms with Crippen molar-refractivity contribution in [2.45, 2.75) is 19.8 Å². The Hall–Kier alpha value is -1.14. The normalized spacial score (nSPS) is 19.4. The molecule has 1 unspecified atom stereocenters. The van der Waals surface area contributed by atoms with E-state index >= 15 is 0 Å². The quantitative estimate of drug-likeness (QED) is 0.638. The van der Waals surface area contributed by atoms with Gasteiger partial charge < -0.3 is 16.0 Å². The molecule has 3 N–H and O–H groups in total. The molecule has 1 atom stereocenters. The van der Waals surface area contributed by atoms with E-state index in [1.807, 2.05) is 6.92 Å². The first-order valence-electron chi connectivity index (χ1n) is 6.99. The molecule has 0 saturated carbocycles. The fourth-order valence-corrected chi connectivity index (χ4v) is 2.18. The smallest absolute Gasteiger partial charge is 0.239 e. The summed E-state index contributed by atoms with van der Waals surface area (Å²) in [5.41, 5.74) is 5.62. The molecule has 1 aliphatic heterocycles. The molecule has 0 aromatic carbocycles. The van der Waals surface area contributed by atoms with E-state index in [0.717, 1.165) is 25.9 Å². The fourth-order valence-electron chi connectivity index (χ4n) is 2.18. The summed E-state index contributed by atoms with van der Waals surface area (Å²) < 4.78 is 0. The van der Waals surface area contributed by atoms with Crippen molar-refractivity contribution < 1.29 is 9.59 Å². The van der Waals surface area contributed by atoms with Gasteiger partial charge in [-0.15, -0.1) is 0 Å². The number of hydrogen-bond donors (Lipinski definition) is 2. The number of carbonyl (C=O) groups is 2. The van der Waals surface area contributed by atoms with E-state index in [9.17, 15) is 9.59 Å². The number of likely N-dealkylation sites (N-methyl/N-ethyl adjacent to an activating group) is 1. The van der Waals surface area contributed by atoms with Crippen LogP contribution in [0.3, 0.4) is 0 Å². The predicted octanol–water partition coefficient (Wildman–Crippen LogP) is -0.748. The standard InChI is InChI=1S/C13H26N4O2/c1-3-5-15-12(18)9-16(2)13(19)10-17-6-4-11(7-14)8-17/h11H,3-10,14H2,1-2H3,(H,15,18). The summed E-state index contributed by atoms with van der Waals surface area (Å²) in [7, 11) is 1.67. The van der Waals surface area contributed by atoms with Crippen LogP contribution in [0.5, 0.6) is 0 Å². The molecule has 0 aromatic heterocycles. The van der Waals surface area contributed by atoms with Gasteiger partial charge in [-0.05, 0) is 31.8 Å². The van der Waals surface area contributed by atoms with Crippen LogP contribution in [0.25, 0.3) is 0 Å². The Balaban J connectivity index is 2.27. The molecule has 0 bridgehead atoms. The van der Waals surface area contributed by atoms with Gasteiger partial charge in [-0.1, -0.05) is 6.92 Å². The van der Waals surface area contributed by atoms with Gasteiger partial charge >= 0.3 is 0 Å². The summed E-state index contributed by atoms with van der Waals surface area (Å²) >= 11 is 0. The minimum Gasteiger partial charge on any atom is -0.355 e. The van der Waals surface area contributed by atoms with E-state index in [1.54, 1.807) is 7.05 Å². The Bertz CT molecular complexity index is 309. The molecular weight excluding hydrogens is 244 g/mol. The van der Waals surface area contributed by atoms with Crippen molar-refractivity contribution >= 4 is 11.8 Å². The van der Waals surface area contributed by atoms with E-state index in [1.165, 1.54) is 4.90 Å². The van der Waals surface area contributed by atoms with E-state index in [4.69, 9.17) is 5.73 Å². The summed E-state index contributed by atoms with van der Waals surface area (Å²) in [6.07, 6.45) is 1.96. The lowest BCUT2D eigenvalue weighted by atomic mass is 10.1. The first-order chi connectivity index (χ1) is 9.06. The molecule has 110 valence electrons. The van der Waals surface area contributed by atoms with Gasteiger partial charge in [0.05, 0.1) is 13.1 Å². The van der Waals surface area contributed by atoms with Crippen LogP contribution < -0.4 is 11.1 Å². The first-order valence-corrected chi connectivity index (χ1v) is 6.99. The van der Waals surface area contributed by atoms with Crippen LogP contribution in [0.15, 0.2) is 0 Å². The lowest BCUT2D eigenvalue weighted by Gasteiger charge is -2.21. The second-order valence-electron chi connectivity index (χ2n) is 5.23. The second kappa shape index (κ2) is 8.12. The van der Waals surface area contributed by atoms with Crippen molar-refractivity contribution in [1.82, 2.24) is 15.1 Å². The van der Waals surface area contributed by atoms with Crippen LogP contribution in [-0.4, -0.2) is 67.9 Å². The van der Waals surface area contributed by atoms with Gasteiger partial charge in [0.2, 0.25) is 11.8 Å². The monoisotopic (exact) mass is 270 g/mol. The number of likely N-dealkylation sites (tertiary alicyclic amines) is 1. The van der Waals surface area contributed by atoms with Gasteiger partial charge in [-0.2, -0.15) is 0 Å². The molecule has 6 nitrogen and oxygen atoms in total. The highest BCUT2D eigenvalue weighted by molar-refractivity contribution is 5.85. The number of rotatable bonds is 7. The zero-order valence-electron chi connectivity index (χ0n) is 12.0. The van der Waals surface area contributed by atoms with Gasteiger partial charge in [0.25, 0.3) is 0 Å². The Morgan fingerprint density at radius 3 is 2.79 bits per heavy atom. The average Bonchev–Trinajstić information content (AvgIpc) is 2.83. The summed E-state index contributed by atoms with van der Waals surface area (Å²) in [5.74, 6) is 0.397. The van der Waals surface area contributed by atoms with Crippen LogP contribution in [0.4, 0.5) is 0 Å². The molecule has 1 fully saturated rings. The maximum atomic E-state index is 12.0.